The fourth-order valence-corrected chi connectivity index (χ4v) is 1.42. The van der Waals surface area contributed by atoms with Crippen molar-refractivity contribution in [3.63, 3.8) is 0 Å². The van der Waals surface area contributed by atoms with Crippen LogP contribution in [0.15, 0.2) is 18.6 Å². The molecule has 2 aromatic rings. The molecular weight excluding hydrogens is 192 g/mol. The predicted octanol–water partition coefficient (Wildman–Crippen LogP) is -0.221. The highest BCUT2D eigenvalue weighted by Crippen LogP contribution is 2.00. The number of nitrogens with one attached hydrogen (secondary N) is 1. The van der Waals surface area contributed by atoms with Gasteiger partial charge in [-0.3, -0.25) is 9.36 Å². The van der Waals surface area contributed by atoms with E-state index in [0.29, 0.717) is 6.54 Å². The van der Waals surface area contributed by atoms with Crippen LogP contribution in [0.1, 0.15) is 11.3 Å². The van der Waals surface area contributed by atoms with Gasteiger partial charge in [0.2, 0.25) is 0 Å². The molecule has 80 valence electrons. The van der Waals surface area contributed by atoms with E-state index in [1.165, 1.54) is 5.56 Å². The van der Waals surface area contributed by atoms with Crippen molar-refractivity contribution in [2.24, 2.45) is 7.05 Å². The quantitative estimate of drug-likeness (QED) is 0.751. The molecule has 2 aromatic heterocycles. The van der Waals surface area contributed by atoms with Gasteiger partial charge in [-0.1, -0.05) is 5.21 Å². The van der Waals surface area contributed by atoms with E-state index in [2.05, 4.69) is 20.7 Å². The van der Waals surface area contributed by atoms with Crippen LogP contribution < -0.4 is 5.32 Å². The van der Waals surface area contributed by atoms with Gasteiger partial charge in [0.05, 0.1) is 12.7 Å². The maximum Gasteiger partial charge on any atom is 0.104 e. The fraction of sp³-hybridized carbons (Fsp3) is 0.444. The molecule has 0 aromatic carbocycles. The Morgan fingerprint density at radius 1 is 1.40 bits per heavy atom. The summed E-state index contributed by atoms with van der Waals surface area (Å²) in [7, 11) is 3.77. The van der Waals surface area contributed by atoms with Crippen LogP contribution in [0.25, 0.3) is 0 Å². The Bertz CT molecular complexity index is 429. The van der Waals surface area contributed by atoms with Crippen molar-refractivity contribution < 1.29 is 0 Å². The van der Waals surface area contributed by atoms with Gasteiger partial charge < -0.3 is 5.32 Å². The van der Waals surface area contributed by atoms with E-state index in [9.17, 15) is 0 Å². The van der Waals surface area contributed by atoms with Gasteiger partial charge in [0.25, 0.3) is 0 Å². The third-order valence-corrected chi connectivity index (χ3v) is 2.04. The van der Waals surface area contributed by atoms with E-state index in [1.807, 2.05) is 37.4 Å². The summed E-state index contributed by atoms with van der Waals surface area (Å²) in [6.07, 6.45) is 5.75. The lowest BCUT2D eigenvalue weighted by Crippen LogP contribution is -2.04. The molecule has 0 saturated heterocycles. The highest BCUT2D eigenvalue weighted by Gasteiger charge is 2.01. The molecule has 15 heavy (non-hydrogen) atoms. The smallest absolute Gasteiger partial charge is 0.104 e. The van der Waals surface area contributed by atoms with Gasteiger partial charge in [0.1, 0.15) is 5.69 Å². The number of aromatic nitrogens is 5. The molecule has 0 radical (unpaired) electrons. The molecule has 0 fully saturated rings. The van der Waals surface area contributed by atoms with Crippen LogP contribution in [-0.2, 0) is 20.1 Å². The lowest BCUT2D eigenvalue weighted by molar-refractivity contribution is 0.666. The second-order valence-corrected chi connectivity index (χ2v) is 3.46. The van der Waals surface area contributed by atoms with Gasteiger partial charge in [0, 0.05) is 31.5 Å². The molecular formula is C9H14N6. The first-order valence-electron chi connectivity index (χ1n) is 4.79. The van der Waals surface area contributed by atoms with Crippen LogP contribution in [0.2, 0.25) is 0 Å². The average Bonchev–Trinajstić information content (AvgIpc) is 2.78. The Morgan fingerprint density at radius 3 is 2.93 bits per heavy atom. The summed E-state index contributed by atoms with van der Waals surface area (Å²) in [5.74, 6) is 0. The van der Waals surface area contributed by atoms with Crippen molar-refractivity contribution in [1.29, 1.82) is 0 Å². The average molecular weight is 206 g/mol. The van der Waals surface area contributed by atoms with E-state index in [1.54, 1.807) is 4.68 Å². The molecule has 6 heteroatoms. The predicted molar refractivity (Wildman–Crippen MR) is 55.1 cm³/mol. The monoisotopic (exact) mass is 206 g/mol. The minimum atomic E-state index is 0.664. The summed E-state index contributed by atoms with van der Waals surface area (Å²) in [5.41, 5.74) is 2.08. The summed E-state index contributed by atoms with van der Waals surface area (Å²) in [5, 5.41) is 15.2. The molecule has 0 aliphatic heterocycles. The van der Waals surface area contributed by atoms with Crippen LogP contribution in [0, 0.1) is 0 Å². The normalized spacial score (nSPS) is 10.8. The van der Waals surface area contributed by atoms with Crippen LogP contribution in [0.4, 0.5) is 0 Å². The first-order chi connectivity index (χ1) is 7.28. The third kappa shape index (κ3) is 2.41. The number of nitrogens with zero attached hydrogens (tertiary/aromatic N) is 5. The minimum absolute atomic E-state index is 0.664. The minimum Gasteiger partial charge on any atom is -0.316 e. The van der Waals surface area contributed by atoms with E-state index in [0.717, 1.165) is 12.2 Å². The Labute approximate surface area is 87.9 Å². The largest absolute Gasteiger partial charge is 0.316 e. The van der Waals surface area contributed by atoms with E-state index in [4.69, 9.17) is 0 Å². The third-order valence-electron chi connectivity index (χ3n) is 2.04. The zero-order valence-electron chi connectivity index (χ0n) is 8.88. The number of hydrogen-bond acceptors (Lipinski definition) is 4. The summed E-state index contributed by atoms with van der Waals surface area (Å²) in [6, 6.07) is 0. The van der Waals surface area contributed by atoms with E-state index in [-0.39, 0.29) is 0 Å². The Balaban J connectivity index is 2.04. The summed E-state index contributed by atoms with van der Waals surface area (Å²) >= 11 is 0. The van der Waals surface area contributed by atoms with Gasteiger partial charge in [0.15, 0.2) is 0 Å². The van der Waals surface area contributed by atoms with Crippen molar-refractivity contribution in [2.75, 3.05) is 7.05 Å². The summed E-state index contributed by atoms with van der Waals surface area (Å²) in [6.45, 7) is 1.50. The number of hydrogen-bond donors (Lipinski definition) is 1. The highest BCUT2D eigenvalue weighted by atomic mass is 15.4. The maximum atomic E-state index is 4.24. The second-order valence-electron chi connectivity index (χ2n) is 3.46. The first kappa shape index (κ1) is 9.85. The van der Waals surface area contributed by atoms with Gasteiger partial charge in [-0.2, -0.15) is 5.10 Å². The highest BCUT2D eigenvalue weighted by molar-refractivity contribution is 5.04. The molecule has 0 bridgehead atoms. The topological polar surface area (TPSA) is 60.6 Å². The van der Waals surface area contributed by atoms with Gasteiger partial charge in [-0.15, -0.1) is 5.10 Å². The molecule has 0 amide bonds. The standard InChI is InChI=1S/C9H14N6/c1-10-3-8-4-11-15(5-8)7-9-6-14(2)13-12-9/h4-6,10H,3,7H2,1-2H3. The van der Waals surface area contributed by atoms with E-state index < -0.39 is 0 Å². The zero-order chi connectivity index (χ0) is 10.7. The van der Waals surface area contributed by atoms with Crippen molar-refractivity contribution >= 4 is 0 Å². The summed E-state index contributed by atoms with van der Waals surface area (Å²) < 4.78 is 3.55. The van der Waals surface area contributed by atoms with E-state index >= 15 is 0 Å². The Morgan fingerprint density at radius 2 is 2.27 bits per heavy atom. The zero-order valence-corrected chi connectivity index (χ0v) is 8.88. The van der Waals surface area contributed by atoms with Crippen LogP contribution in [-0.4, -0.2) is 31.8 Å². The molecule has 0 saturated carbocycles. The van der Waals surface area contributed by atoms with Crippen LogP contribution in [0.3, 0.4) is 0 Å². The Hall–Kier alpha value is -1.69. The number of rotatable bonds is 4. The van der Waals surface area contributed by atoms with Gasteiger partial charge in [-0.05, 0) is 7.05 Å². The molecule has 0 unspecified atom stereocenters. The SMILES string of the molecule is CNCc1cnn(Cc2cn(C)nn2)c1. The molecule has 0 atom stereocenters. The van der Waals surface area contributed by atoms with Crippen molar-refractivity contribution in [3.05, 3.63) is 29.8 Å². The summed E-state index contributed by atoms with van der Waals surface area (Å²) in [4.78, 5) is 0. The van der Waals surface area contributed by atoms with Gasteiger partial charge in [-0.25, -0.2) is 0 Å². The van der Waals surface area contributed by atoms with Crippen molar-refractivity contribution in [2.45, 2.75) is 13.1 Å². The molecule has 0 aliphatic carbocycles. The lowest BCUT2D eigenvalue weighted by atomic mass is 10.4. The Kier molecular flexibility index (Phi) is 2.77. The van der Waals surface area contributed by atoms with Crippen molar-refractivity contribution in [1.82, 2.24) is 30.1 Å². The number of aryl methyl sites for hydroxylation is 1. The maximum absolute atomic E-state index is 4.24. The lowest BCUT2D eigenvalue weighted by Gasteiger charge is -1.95. The molecule has 0 spiro atoms. The first-order valence-corrected chi connectivity index (χ1v) is 4.79. The van der Waals surface area contributed by atoms with Crippen LogP contribution in [0.5, 0.6) is 0 Å². The van der Waals surface area contributed by atoms with Crippen molar-refractivity contribution in [3.8, 4) is 0 Å². The second kappa shape index (κ2) is 4.22. The fourth-order valence-electron chi connectivity index (χ4n) is 1.42. The molecule has 2 rings (SSSR count). The van der Waals surface area contributed by atoms with Crippen LogP contribution >= 0.6 is 0 Å². The molecule has 6 nitrogen and oxygen atoms in total. The molecule has 1 N–H and O–H groups in total. The molecule has 0 aliphatic rings. The van der Waals surface area contributed by atoms with Gasteiger partial charge >= 0.3 is 0 Å². The molecule has 2 heterocycles.